The summed E-state index contributed by atoms with van der Waals surface area (Å²) < 4.78 is 18.5. The van der Waals surface area contributed by atoms with Crippen molar-refractivity contribution in [2.75, 3.05) is 7.11 Å². The van der Waals surface area contributed by atoms with E-state index in [9.17, 15) is 9.18 Å². The zero-order chi connectivity index (χ0) is 9.14. The fraction of sp³-hybridized carbons (Fsp3) is 0.125. The van der Waals surface area contributed by atoms with Gasteiger partial charge in [0.05, 0.1) is 16.2 Å². The summed E-state index contributed by atoms with van der Waals surface area (Å²) in [6.07, 6.45) is 0.455. The van der Waals surface area contributed by atoms with Crippen LogP contribution < -0.4 is 4.74 Å². The number of rotatable bonds is 2. The molecule has 1 rings (SSSR count). The predicted octanol–water partition coefficient (Wildman–Crippen LogP) is 2.25. The van der Waals surface area contributed by atoms with Crippen molar-refractivity contribution in [3.63, 3.8) is 0 Å². The zero-order valence-electron chi connectivity index (χ0n) is 6.30. The molecule has 12 heavy (non-hydrogen) atoms. The lowest BCUT2D eigenvalue weighted by Gasteiger charge is -2.05. The van der Waals surface area contributed by atoms with Crippen molar-refractivity contribution in [3.05, 3.63) is 27.1 Å². The number of halogens is 2. The molecule has 0 saturated carbocycles. The molecule has 0 heterocycles. The van der Waals surface area contributed by atoms with Crippen LogP contribution in [0.4, 0.5) is 4.39 Å². The first kappa shape index (κ1) is 9.44. The van der Waals surface area contributed by atoms with E-state index in [1.807, 2.05) is 22.6 Å². The molecule has 0 bridgehead atoms. The first-order valence-electron chi connectivity index (χ1n) is 3.18. The van der Waals surface area contributed by atoms with Gasteiger partial charge in [-0.05, 0) is 34.7 Å². The monoisotopic (exact) mass is 280 g/mol. The lowest BCUT2D eigenvalue weighted by Crippen LogP contribution is -1.96. The van der Waals surface area contributed by atoms with Crippen molar-refractivity contribution < 1.29 is 13.9 Å². The number of aldehydes is 1. The molecule has 0 aliphatic rings. The minimum atomic E-state index is -0.553. The summed E-state index contributed by atoms with van der Waals surface area (Å²) in [5.74, 6) is -0.257. The van der Waals surface area contributed by atoms with E-state index in [1.165, 1.54) is 13.2 Å². The molecule has 0 atom stereocenters. The van der Waals surface area contributed by atoms with Crippen LogP contribution in [-0.2, 0) is 0 Å². The Morgan fingerprint density at radius 2 is 2.25 bits per heavy atom. The number of hydrogen-bond acceptors (Lipinski definition) is 2. The van der Waals surface area contributed by atoms with Crippen LogP contribution in [0.15, 0.2) is 12.1 Å². The summed E-state index contributed by atoms with van der Waals surface area (Å²) in [6, 6.07) is 2.80. The number of hydrogen-bond donors (Lipinski definition) is 0. The first-order valence-corrected chi connectivity index (χ1v) is 4.25. The maximum Gasteiger partial charge on any atom is 0.156 e. The number of methoxy groups -OCH3 is 1. The minimum Gasteiger partial charge on any atom is -0.495 e. The van der Waals surface area contributed by atoms with E-state index in [-0.39, 0.29) is 5.56 Å². The molecule has 4 heteroatoms. The molecular weight excluding hydrogens is 274 g/mol. The maximum absolute atomic E-state index is 12.9. The molecule has 0 radical (unpaired) electrons. The van der Waals surface area contributed by atoms with Gasteiger partial charge >= 0.3 is 0 Å². The highest BCUT2D eigenvalue weighted by atomic mass is 127. The van der Waals surface area contributed by atoms with Gasteiger partial charge in [-0.25, -0.2) is 4.39 Å². The topological polar surface area (TPSA) is 26.3 Å². The van der Waals surface area contributed by atoms with Crippen LogP contribution in [0.25, 0.3) is 0 Å². The van der Waals surface area contributed by atoms with Crippen LogP contribution >= 0.6 is 22.6 Å². The van der Waals surface area contributed by atoms with Gasteiger partial charge in [-0.15, -0.1) is 0 Å². The van der Waals surface area contributed by atoms with E-state index >= 15 is 0 Å². The summed E-state index contributed by atoms with van der Waals surface area (Å²) in [4.78, 5) is 10.4. The van der Waals surface area contributed by atoms with Crippen molar-refractivity contribution in [1.29, 1.82) is 0 Å². The van der Waals surface area contributed by atoms with Gasteiger partial charge in [0.2, 0.25) is 0 Å². The van der Waals surface area contributed by atoms with Gasteiger partial charge < -0.3 is 4.74 Å². The quantitative estimate of drug-likeness (QED) is 0.613. The standard InChI is InChI=1S/C8H6FIO2/c1-12-8-5(4-11)6(9)2-3-7(8)10/h2-4H,1H3. The largest absolute Gasteiger partial charge is 0.495 e. The van der Waals surface area contributed by atoms with Crippen LogP contribution in [0.2, 0.25) is 0 Å². The van der Waals surface area contributed by atoms with Crippen LogP contribution in [0, 0.1) is 9.39 Å². The lowest BCUT2D eigenvalue weighted by molar-refractivity contribution is 0.111. The van der Waals surface area contributed by atoms with Crippen LogP contribution in [0.3, 0.4) is 0 Å². The Morgan fingerprint density at radius 3 is 2.67 bits per heavy atom. The summed E-state index contributed by atoms with van der Waals surface area (Å²) in [5, 5.41) is 0. The van der Waals surface area contributed by atoms with Gasteiger partial charge in [-0.1, -0.05) is 0 Å². The molecule has 1 aromatic rings. The molecule has 1 aromatic carbocycles. The van der Waals surface area contributed by atoms with Gasteiger partial charge in [0, 0.05) is 0 Å². The molecule has 0 N–H and O–H groups in total. The highest BCUT2D eigenvalue weighted by Gasteiger charge is 2.11. The second kappa shape index (κ2) is 3.84. The number of carbonyl (C=O) groups is 1. The number of ether oxygens (including phenoxy) is 1. The van der Waals surface area contributed by atoms with Gasteiger partial charge in [-0.3, -0.25) is 4.79 Å². The van der Waals surface area contributed by atoms with E-state index < -0.39 is 5.82 Å². The molecule has 0 aliphatic heterocycles. The Kier molecular flexibility index (Phi) is 3.02. The molecule has 0 spiro atoms. The molecule has 0 aliphatic carbocycles. The van der Waals surface area contributed by atoms with Crippen molar-refractivity contribution >= 4 is 28.9 Å². The Hall–Kier alpha value is -0.650. The van der Waals surface area contributed by atoms with Crippen LogP contribution in [0.5, 0.6) is 5.75 Å². The third-order valence-electron chi connectivity index (χ3n) is 1.42. The van der Waals surface area contributed by atoms with Crippen molar-refractivity contribution in [2.45, 2.75) is 0 Å². The average molecular weight is 280 g/mol. The SMILES string of the molecule is COc1c(I)ccc(F)c1C=O. The van der Waals surface area contributed by atoms with E-state index in [1.54, 1.807) is 6.07 Å². The van der Waals surface area contributed by atoms with Crippen molar-refractivity contribution in [1.82, 2.24) is 0 Å². The molecular formula is C8H6FIO2. The highest BCUT2D eigenvalue weighted by molar-refractivity contribution is 14.1. The summed E-state index contributed by atoms with van der Waals surface area (Å²) in [5.41, 5.74) is -0.0237. The molecule has 0 saturated heterocycles. The fourth-order valence-electron chi connectivity index (χ4n) is 0.866. The molecule has 0 unspecified atom stereocenters. The molecule has 0 fully saturated rings. The summed E-state index contributed by atoms with van der Waals surface area (Å²) in [7, 11) is 1.41. The second-order valence-corrected chi connectivity index (χ2v) is 3.26. The third-order valence-corrected chi connectivity index (χ3v) is 2.27. The third kappa shape index (κ3) is 1.57. The maximum atomic E-state index is 12.9. The van der Waals surface area contributed by atoms with E-state index in [0.29, 0.717) is 12.0 Å². The Bertz CT molecular complexity index is 312. The zero-order valence-corrected chi connectivity index (χ0v) is 8.46. The van der Waals surface area contributed by atoms with E-state index in [0.717, 1.165) is 3.57 Å². The van der Waals surface area contributed by atoms with Crippen molar-refractivity contribution in [3.8, 4) is 5.75 Å². The van der Waals surface area contributed by atoms with E-state index in [4.69, 9.17) is 4.74 Å². The lowest BCUT2D eigenvalue weighted by atomic mass is 10.2. The Morgan fingerprint density at radius 1 is 1.58 bits per heavy atom. The van der Waals surface area contributed by atoms with Gasteiger partial charge in [-0.2, -0.15) is 0 Å². The molecule has 64 valence electrons. The van der Waals surface area contributed by atoms with Gasteiger partial charge in [0.25, 0.3) is 0 Å². The minimum absolute atomic E-state index is 0.0237. The van der Waals surface area contributed by atoms with Crippen molar-refractivity contribution in [2.24, 2.45) is 0 Å². The normalized spacial score (nSPS) is 9.58. The van der Waals surface area contributed by atoms with Crippen LogP contribution in [-0.4, -0.2) is 13.4 Å². The number of benzene rings is 1. The summed E-state index contributed by atoms with van der Waals surface area (Å²) >= 11 is 1.98. The fourth-order valence-corrected chi connectivity index (χ4v) is 1.56. The predicted molar refractivity (Wildman–Crippen MR) is 51.1 cm³/mol. The van der Waals surface area contributed by atoms with Gasteiger partial charge in [0.15, 0.2) is 6.29 Å². The highest BCUT2D eigenvalue weighted by Crippen LogP contribution is 2.25. The van der Waals surface area contributed by atoms with Crippen LogP contribution in [0.1, 0.15) is 10.4 Å². The van der Waals surface area contributed by atoms with E-state index in [2.05, 4.69) is 0 Å². The smallest absolute Gasteiger partial charge is 0.156 e. The first-order chi connectivity index (χ1) is 5.70. The molecule has 2 nitrogen and oxygen atoms in total. The Labute approximate surface area is 82.9 Å². The molecule has 0 aromatic heterocycles. The van der Waals surface area contributed by atoms with Gasteiger partial charge in [0.1, 0.15) is 11.6 Å². The number of carbonyl (C=O) groups excluding carboxylic acids is 1. The molecule has 0 amide bonds. The Balaban J connectivity index is 3.38. The summed E-state index contributed by atoms with van der Waals surface area (Å²) in [6.45, 7) is 0. The average Bonchev–Trinajstić information content (AvgIpc) is 2.08. The second-order valence-electron chi connectivity index (χ2n) is 2.09.